The lowest BCUT2D eigenvalue weighted by Gasteiger charge is -2.41. The minimum atomic E-state index is -2.00. The van der Waals surface area contributed by atoms with Crippen LogP contribution in [0.1, 0.15) is 46.0 Å². The molecule has 200 valence electrons. The van der Waals surface area contributed by atoms with E-state index < -0.39 is 15.6 Å². The summed E-state index contributed by atoms with van der Waals surface area (Å²) in [6.07, 6.45) is 8.08. The molecule has 3 unspecified atom stereocenters. The molecule has 3 rings (SSSR count). The van der Waals surface area contributed by atoms with Gasteiger partial charge in [0, 0.05) is 5.92 Å². The van der Waals surface area contributed by atoms with Gasteiger partial charge in [0.05, 0.1) is 11.8 Å². The van der Waals surface area contributed by atoms with Gasteiger partial charge >= 0.3 is 0 Å². The summed E-state index contributed by atoms with van der Waals surface area (Å²) in [5.74, 6) is 0.389. The summed E-state index contributed by atoms with van der Waals surface area (Å²) in [5.41, 5.74) is 0.470. The first-order valence-electron chi connectivity index (χ1n) is 13.7. The normalized spacial score (nSPS) is 14.3. The van der Waals surface area contributed by atoms with Crippen molar-refractivity contribution in [3.05, 3.63) is 104 Å². The van der Waals surface area contributed by atoms with Gasteiger partial charge in [-0.1, -0.05) is 87.4 Å². The molecule has 0 bridgehead atoms. The Hall–Kier alpha value is -1.26. The van der Waals surface area contributed by atoms with Crippen LogP contribution in [0.5, 0.6) is 0 Å². The summed E-state index contributed by atoms with van der Waals surface area (Å²) in [6, 6.07) is 34.1. The van der Waals surface area contributed by atoms with E-state index in [1.165, 1.54) is 41.6 Å². The fraction of sp³-hybridized carbons (Fsp3) is 0.394. The molecule has 37 heavy (non-hydrogen) atoms. The lowest BCUT2D eigenvalue weighted by Crippen LogP contribution is -3.00. The molecule has 0 radical (unpaired) electrons. The van der Waals surface area contributed by atoms with Gasteiger partial charge in [0.25, 0.3) is 0 Å². The van der Waals surface area contributed by atoms with E-state index in [1.54, 1.807) is 0 Å². The molecule has 0 saturated carbocycles. The second-order valence-electron chi connectivity index (χ2n) is 10.9. The van der Waals surface area contributed by atoms with Crippen LogP contribution in [0.4, 0.5) is 0 Å². The monoisotopic (exact) mass is 644 g/mol. The number of halogens is 1. The second-order valence-corrected chi connectivity index (χ2v) is 19.1. The van der Waals surface area contributed by atoms with E-state index in [1.807, 2.05) is 0 Å². The van der Waals surface area contributed by atoms with Gasteiger partial charge in [-0.25, -0.2) is 0 Å². The van der Waals surface area contributed by atoms with Gasteiger partial charge in [0.1, 0.15) is 23.2 Å². The lowest BCUT2D eigenvalue weighted by atomic mass is 9.94. The molecule has 1 nitrogen and oxygen atoms in total. The predicted octanol–water partition coefficient (Wildman–Crippen LogP) is 5.37. The fourth-order valence-corrected chi connectivity index (χ4v) is 12.3. The third-order valence-corrected chi connectivity index (χ3v) is 13.3. The highest BCUT2D eigenvalue weighted by Gasteiger charge is 2.55. The number of hydrogen-bond acceptors (Lipinski definition) is 1. The Morgan fingerprint density at radius 1 is 0.784 bits per heavy atom. The molecular formula is C33H46IOPSi. The van der Waals surface area contributed by atoms with Crippen LogP contribution in [0.3, 0.4) is 0 Å². The van der Waals surface area contributed by atoms with Crippen molar-refractivity contribution in [3.8, 4) is 0 Å². The molecule has 0 aromatic heterocycles. The highest BCUT2D eigenvalue weighted by atomic mass is 127. The van der Waals surface area contributed by atoms with E-state index in [4.69, 9.17) is 4.43 Å². The second kappa shape index (κ2) is 15.4. The van der Waals surface area contributed by atoms with E-state index >= 15 is 0 Å². The number of unbranched alkanes of at least 4 members (excludes halogenated alkanes) is 2. The molecule has 3 aromatic rings. The van der Waals surface area contributed by atoms with Crippen LogP contribution in [-0.2, 0) is 4.43 Å². The molecule has 0 fully saturated rings. The van der Waals surface area contributed by atoms with Crippen LogP contribution in [0.15, 0.2) is 104 Å². The topological polar surface area (TPSA) is 9.23 Å². The first-order valence-corrected chi connectivity index (χ1v) is 19.0. The Kier molecular flexibility index (Phi) is 13.3. The Balaban J connectivity index is 0.00000481. The van der Waals surface area contributed by atoms with E-state index in [0.717, 1.165) is 6.42 Å². The van der Waals surface area contributed by atoms with Crippen molar-refractivity contribution in [1.29, 1.82) is 0 Å². The van der Waals surface area contributed by atoms with Crippen molar-refractivity contribution in [3.63, 3.8) is 0 Å². The van der Waals surface area contributed by atoms with Gasteiger partial charge in [0.2, 0.25) is 0 Å². The molecule has 0 N–H and O–H groups in total. The first-order chi connectivity index (χ1) is 17.3. The van der Waals surface area contributed by atoms with Crippen molar-refractivity contribution in [2.24, 2.45) is 5.92 Å². The van der Waals surface area contributed by atoms with Crippen molar-refractivity contribution < 1.29 is 28.4 Å². The largest absolute Gasteiger partial charge is 1.00 e. The van der Waals surface area contributed by atoms with E-state index in [-0.39, 0.29) is 30.1 Å². The molecule has 0 aliphatic heterocycles. The molecular weight excluding hydrogens is 598 g/mol. The quantitative estimate of drug-likeness (QED) is 0.0755. The highest BCUT2D eigenvalue weighted by molar-refractivity contribution is 7.96. The minimum absolute atomic E-state index is 0. The molecule has 0 heterocycles. The minimum Gasteiger partial charge on any atom is -1.00 e. The summed E-state index contributed by atoms with van der Waals surface area (Å²) in [4.78, 5) is 0. The van der Waals surface area contributed by atoms with Gasteiger partial charge in [-0.3, -0.25) is 0 Å². The molecule has 0 spiro atoms. The van der Waals surface area contributed by atoms with Gasteiger partial charge in [-0.05, 0) is 75.3 Å². The third-order valence-electron chi connectivity index (χ3n) is 7.19. The van der Waals surface area contributed by atoms with Gasteiger partial charge in [-0.2, -0.15) is 0 Å². The highest BCUT2D eigenvalue weighted by Crippen LogP contribution is 2.63. The van der Waals surface area contributed by atoms with E-state index in [2.05, 4.69) is 137 Å². The molecule has 3 aromatic carbocycles. The molecule has 4 heteroatoms. The summed E-state index contributed by atoms with van der Waals surface area (Å²) in [7, 11) is -3.74. The summed E-state index contributed by atoms with van der Waals surface area (Å²) in [5, 5.41) is 4.42. The Morgan fingerprint density at radius 3 is 1.57 bits per heavy atom. The van der Waals surface area contributed by atoms with Crippen molar-refractivity contribution in [2.75, 3.05) is 0 Å². The maximum Gasteiger partial charge on any atom is 0.184 e. The zero-order chi connectivity index (χ0) is 26.0. The third kappa shape index (κ3) is 8.11. The smallest absolute Gasteiger partial charge is 0.184 e. The Morgan fingerprint density at radius 2 is 1.22 bits per heavy atom. The maximum atomic E-state index is 6.92. The van der Waals surface area contributed by atoms with E-state index in [0.29, 0.717) is 11.6 Å². The molecule has 3 atom stereocenters. The Bertz CT molecular complexity index is 940. The van der Waals surface area contributed by atoms with Crippen LogP contribution in [0, 0.1) is 5.92 Å². The lowest BCUT2D eigenvalue weighted by molar-refractivity contribution is -0.00000955. The standard InChI is InChI=1S/C33H46OPSi.HI/c1-7-9-13-27-33(28(3)32(20-8-2)34-36(4,5)6)35(29-21-14-10-15-22-29,30-23-16-11-17-24-30)31-25-18-12-19-26-31;/h8,10-12,14-19,21-26,28,32-33H,2,7,9,13,20,27H2,1,3-6H3;1H/q+1;/p-1. The van der Waals surface area contributed by atoms with Crippen LogP contribution in [0.25, 0.3) is 0 Å². The van der Waals surface area contributed by atoms with Crippen LogP contribution >= 0.6 is 7.26 Å². The average Bonchev–Trinajstić information content (AvgIpc) is 2.89. The molecule has 0 aliphatic carbocycles. The molecule has 0 amide bonds. The zero-order valence-electron chi connectivity index (χ0n) is 23.4. The first kappa shape index (κ1) is 32.0. The van der Waals surface area contributed by atoms with Crippen molar-refractivity contribution >= 4 is 31.5 Å². The summed E-state index contributed by atoms with van der Waals surface area (Å²) in [6.45, 7) is 15.8. The average molecular weight is 645 g/mol. The number of rotatable bonds is 14. The number of hydrogen-bond donors (Lipinski definition) is 0. The Labute approximate surface area is 245 Å². The van der Waals surface area contributed by atoms with Gasteiger partial charge < -0.3 is 28.4 Å². The molecule has 0 aliphatic rings. The van der Waals surface area contributed by atoms with Crippen molar-refractivity contribution in [1.82, 2.24) is 0 Å². The predicted molar refractivity (Wildman–Crippen MR) is 165 cm³/mol. The van der Waals surface area contributed by atoms with Crippen LogP contribution in [-0.4, -0.2) is 20.1 Å². The van der Waals surface area contributed by atoms with Gasteiger partial charge in [0.15, 0.2) is 8.32 Å². The summed E-state index contributed by atoms with van der Waals surface area (Å²) >= 11 is 0. The maximum absolute atomic E-state index is 6.92. The van der Waals surface area contributed by atoms with Crippen LogP contribution < -0.4 is 39.9 Å². The SMILES string of the molecule is C=CCC(O[Si](C)(C)C)C(C)C(CCCCC)[P+](c1ccccc1)(c1ccccc1)c1ccccc1.[I-]. The fourth-order valence-electron chi connectivity index (χ4n) is 5.66. The van der Waals surface area contributed by atoms with Crippen LogP contribution in [0.2, 0.25) is 19.6 Å². The van der Waals surface area contributed by atoms with Crippen molar-refractivity contribution in [2.45, 2.75) is 77.4 Å². The zero-order valence-corrected chi connectivity index (χ0v) is 27.5. The number of benzene rings is 3. The van der Waals surface area contributed by atoms with Gasteiger partial charge in [-0.15, -0.1) is 6.58 Å². The molecule has 0 saturated heterocycles. The van der Waals surface area contributed by atoms with E-state index in [9.17, 15) is 0 Å². The summed E-state index contributed by atoms with van der Waals surface area (Å²) < 4.78 is 6.92.